The van der Waals surface area contributed by atoms with E-state index < -0.39 is 0 Å². The maximum atomic E-state index is 12.5. The molecule has 0 radical (unpaired) electrons. The third-order valence-electron chi connectivity index (χ3n) is 4.78. The van der Waals surface area contributed by atoms with Gasteiger partial charge in [0.25, 0.3) is 0 Å². The summed E-state index contributed by atoms with van der Waals surface area (Å²) >= 11 is 1.55. The first-order valence-electron chi connectivity index (χ1n) is 8.93. The van der Waals surface area contributed by atoms with Crippen LogP contribution >= 0.6 is 11.3 Å². The molecule has 2 amide bonds. The van der Waals surface area contributed by atoms with Gasteiger partial charge in [0, 0.05) is 30.1 Å². The van der Waals surface area contributed by atoms with Gasteiger partial charge in [-0.15, -0.1) is 20.4 Å². The fourth-order valence-corrected chi connectivity index (χ4v) is 3.90. The zero-order chi connectivity index (χ0) is 18.8. The Balaban J connectivity index is 1.51. The lowest BCUT2D eigenvalue weighted by atomic mass is 10.1. The quantitative estimate of drug-likeness (QED) is 0.722. The van der Waals surface area contributed by atoms with E-state index >= 15 is 0 Å². The van der Waals surface area contributed by atoms with E-state index in [0.29, 0.717) is 11.9 Å². The molecule has 4 rings (SSSR count). The van der Waals surface area contributed by atoms with Gasteiger partial charge in [0.15, 0.2) is 5.82 Å². The van der Waals surface area contributed by atoms with Crippen molar-refractivity contribution in [3.8, 4) is 10.6 Å². The highest BCUT2D eigenvalue weighted by molar-refractivity contribution is 7.14. The number of carbonyl (C=O) groups excluding carboxylic acids is 1. The van der Waals surface area contributed by atoms with Gasteiger partial charge in [-0.3, -0.25) is 5.32 Å². The molecule has 3 aromatic rings. The van der Waals surface area contributed by atoms with Crippen LogP contribution in [0.4, 0.5) is 10.6 Å². The number of aromatic nitrogens is 4. The maximum absolute atomic E-state index is 12.5. The van der Waals surface area contributed by atoms with Gasteiger partial charge in [0.05, 0.1) is 5.52 Å². The van der Waals surface area contributed by atoms with Crippen LogP contribution in [0.1, 0.15) is 17.8 Å². The molecule has 1 fully saturated rings. The summed E-state index contributed by atoms with van der Waals surface area (Å²) in [6.45, 7) is 3.40. The van der Waals surface area contributed by atoms with E-state index in [0.717, 1.165) is 52.4 Å². The summed E-state index contributed by atoms with van der Waals surface area (Å²) in [5.74, 6) is 0.453. The van der Waals surface area contributed by atoms with Crippen molar-refractivity contribution in [2.45, 2.75) is 25.8 Å². The zero-order valence-corrected chi connectivity index (χ0v) is 16.1. The molecule has 3 heterocycles. The van der Waals surface area contributed by atoms with E-state index in [4.69, 9.17) is 0 Å². The topological polar surface area (TPSA) is 95.9 Å². The molecular weight excluding hydrogens is 362 g/mol. The van der Waals surface area contributed by atoms with Crippen LogP contribution in [0.25, 0.3) is 21.5 Å². The average Bonchev–Trinajstić information content (AvgIpc) is 3.14. The summed E-state index contributed by atoms with van der Waals surface area (Å²) in [7, 11) is 1.96. The van der Waals surface area contributed by atoms with Gasteiger partial charge in [-0.25, -0.2) is 4.79 Å². The van der Waals surface area contributed by atoms with Gasteiger partial charge >= 0.3 is 6.03 Å². The molecule has 2 N–H and O–H groups in total. The lowest BCUT2D eigenvalue weighted by molar-refractivity contribution is 0.190. The number of carbonyl (C=O) groups is 1. The van der Waals surface area contributed by atoms with Crippen molar-refractivity contribution < 1.29 is 4.79 Å². The molecule has 0 saturated carbocycles. The predicted molar refractivity (Wildman–Crippen MR) is 106 cm³/mol. The molecule has 0 aliphatic carbocycles. The Morgan fingerprint density at radius 3 is 2.67 bits per heavy atom. The van der Waals surface area contributed by atoms with Gasteiger partial charge < -0.3 is 10.2 Å². The summed E-state index contributed by atoms with van der Waals surface area (Å²) in [6, 6.07) is 8.06. The molecule has 1 aliphatic heterocycles. The summed E-state index contributed by atoms with van der Waals surface area (Å²) in [5.41, 5.74) is 1.75. The first-order valence-corrected chi connectivity index (χ1v) is 9.75. The number of nitrogens with zero attached hydrogens (tertiary/aromatic N) is 5. The van der Waals surface area contributed by atoms with Gasteiger partial charge in [-0.1, -0.05) is 11.3 Å². The van der Waals surface area contributed by atoms with Crippen LogP contribution in [-0.2, 0) is 0 Å². The number of aryl methyl sites for hydroxylation is 1. The molecule has 0 spiro atoms. The van der Waals surface area contributed by atoms with E-state index in [2.05, 4.69) is 31.0 Å². The van der Waals surface area contributed by atoms with Gasteiger partial charge in [0.2, 0.25) is 0 Å². The number of hydrogen-bond donors (Lipinski definition) is 2. The van der Waals surface area contributed by atoms with E-state index in [1.165, 1.54) is 0 Å². The van der Waals surface area contributed by atoms with Crippen LogP contribution in [0.2, 0.25) is 0 Å². The van der Waals surface area contributed by atoms with E-state index in [-0.39, 0.29) is 6.03 Å². The molecule has 9 heteroatoms. The molecular formula is C18H21N7OS. The van der Waals surface area contributed by atoms with E-state index in [1.807, 2.05) is 43.1 Å². The minimum Gasteiger partial charge on any atom is -0.324 e. The van der Waals surface area contributed by atoms with Crippen molar-refractivity contribution in [3.05, 3.63) is 29.3 Å². The second kappa shape index (κ2) is 7.53. The molecule has 27 heavy (non-hydrogen) atoms. The molecule has 1 aliphatic rings. The maximum Gasteiger partial charge on any atom is 0.323 e. The van der Waals surface area contributed by atoms with Gasteiger partial charge in [-0.2, -0.15) is 0 Å². The molecule has 140 valence electrons. The van der Waals surface area contributed by atoms with Crippen molar-refractivity contribution in [3.63, 3.8) is 0 Å². The van der Waals surface area contributed by atoms with Gasteiger partial charge in [-0.05, 0) is 51.1 Å². The monoisotopic (exact) mass is 383 g/mol. The Hall–Kier alpha value is -2.65. The Morgan fingerprint density at radius 1 is 1.15 bits per heavy atom. The number of fused-ring (bicyclic) bond motifs is 1. The average molecular weight is 383 g/mol. The number of piperidine rings is 1. The number of hydrogen-bond acceptors (Lipinski definition) is 7. The summed E-state index contributed by atoms with van der Waals surface area (Å²) < 4.78 is 0. The molecule has 1 saturated heterocycles. The van der Waals surface area contributed by atoms with Crippen LogP contribution in [0.15, 0.2) is 24.3 Å². The Kier molecular flexibility index (Phi) is 4.95. The number of benzene rings is 1. The molecule has 0 unspecified atom stereocenters. The zero-order valence-electron chi connectivity index (χ0n) is 15.3. The number of urea groups is 1. The SMILES string of the molecule is CNC1CCN(C(=O)Nc2cc3cc(-c4nnc(C)s4)ccc3nn2)CC1. The van der Waals surface area contributed by atoms with Crippen LogP contribution in [0, 0.1) is 6.92 Å². The second-order valence-corrected chi connectivity index (χ2v) is 7.79. The highest BCUT2D eigenvalue weighted by Crippen LogP contribution is 2.26. The van der Waals surface area contributed by atoms with Crippen molar-refractivity contribution in [1.82, 2.24) is 30.6 Å². The molecule has 8 nitrogen and oxygen atoms in total. The third-order valence-corrected chi connectivity index (χ3v) is 5.67. The first kappa shape index (κ1) is 17.7. The molecule has 0 atom stereocenters. The summed E-state index contributed by atoms with van der Waals surface area (Å²) in [4.78, 5) is 14.3. The number of amides is 2. The largest absolute Gasteiger partial charge is 0.324 e. The van der Waals surface area contributed by atoms with E-state index in [1.54, 1.807) is 11.3 Å². The van der Waals surface area contributed by atoms with Crippen molar-refractivity contribution in [2.75, 3.05) is 25.5 Å². The lowest BCUT2D eigenvalue weighted by Gasteiger charge is -2.31. The lowest BCUT2D eigenvalue weighted by Crippen LogP contribution is -2.45. The third kappa shape index (κ3) is 3.88. The van der Waals surface area contributed by atoms with Crippen molar-refractivity contribution in [1.29, 1.82) is 0 Å². The van der Waals surface area contributed by atoms with Crippen LogP contribution in [0.5, 0.6) is 0 Å². The van der Waals surface area contributed by atoms with Crippen LogP contribution in [-0.4, -0.2) is 57.5 Å². The van der Waals surface area contributed by atoms with Crippen LogP contribution in [0.3, 0.4) is 0 Å². The predicted octanol–water partition coefficient (Wildman–Crippen LogP) is 2.67. The molecule has 2 aromatic heterocycles. The van der Waals surface area contributed by atoms with E-state index in [9.17, 15) is 4.79 Å². The highest BCUT2D eigenvalue weighted by atomic mass is 32.1. The van der Waals surface area contributed by atoms with Gasteiger partial charge in [0.1, 0.15) is 10.0 Å². The second-order valence-electron chi connectivity index (χ2n) is 6.61. The van der Waals surface area contributed by atoms with Crippen molar-refractivity contribution in [2.24, 2.45) is 0 Å². The minimum atomic E-state index is -0.130. The fourth-order valence-electron chi connectivity index (χ4n) is 3.21. The Morgan fingerprint density at radius 2 is 1.96 bits per heavy atom. The first-order chi connectivity index (χ1) is 13.1. The number of rotatable bonds is 3. The van der Waals surface area contributed by atoms with Crippen LogP contribution < -0.4 is 10.6 Å². The smallest absolute Gasteiger partial charge is 0.323 e. The molecule has 0 bridgehead atoms. The Labute approximate surface area is 161 Å². The number of likely N-dealkylation sites (tertiary alicyclic amines) is 1. The van der Waals surface area contributed by atoms with Crippen molar-refractivity contribution >= 4 is 34.1 Å². The Bertz CT molecular complexity index is 965. The standard InChI is InChI=1S/C18H21N7OS/c1-11-21-24-17(27-11)12-3-4-15-13(9-12)10-16(23-22-15)20-18(26)25-7-5-14(19-2)6-8-25/h3-4,9-10,14,19H,5-8H2,1-2H3,(H,20,23,26). The summed E-state index contributed by atoms with van der Waals surface area (Å²) in [5, 5.41) is 25.4. The molecule has 1 aromatic carbocycles. The normalized spacial score (nSPS) is 15.3. The number of anilines is 1. The number of nitrogens with one attached hydrogen (secondary N) is 2. The summed E-state index contributed by atoms with van der Waals surface area (Å²) in [6.07, 6.45) is 1.91. The minimum absolute atomic E-state index is 0.130. The highest BCUT2D eigenvalue weighted by Gasteiger charge is 2.22. The fraction of sp³-hybridized carbons (Fsp3) is 0.389.